The molecule has 2 heterocycles. The lowest BCUT2D eigenvalue weighted by Crippen LogP contribution is -2.21. The molecule has 0 saturated carbocycles. The summed E-state index contributed by atoms with van der Waals surface area (Å²) in [5.74, 6) is 0.833. The number of nitrogens with zero attached hydrogens (tertiary/aromatic N) is 2. The molecule has 0 spiro atoms. The first-order chi connectivity index (χ1) is 10.3. The van der Waals surface area contributed by atoms with Gasteiger partial charge in [-0.1, -0.05) is 13.0 Å². The smallest absolute Gasteiger partial charge is 0.137 e. The van der Waals surface area contributed by atoms with E-state index in [-0.39, 0.29) is 6.04 Å². The zero-order valence-corrected chi connectivity index (χ0v) is 12.7. The fourth-order valence-electron chi connectivity index (χ4n) is 2.36. The van der Waals surface area contributed by atoms with Crippen molar-refractivity contribution in [1.29, 1.82) is 0 Å². The van der Waals surface area contributed by atoms with Gasteiger partial charge in [0.2, 0.25) is 0 Å². The van der Waals surface area contributed by atoms with E-state index in [1.165, 1.54) is 11.1 Å². The standard InChI is InChI=1S/C17H23N3O/c1-3-20-17(8-7-14-6-5-9-18-11-14)15-10-16(21-4-2)13-19-12-15/h5-6,9-13,17,20H,3-4,7-8H2,1-2H3. The molecule has 1 unspecified atom stereocenters. The van der Waals surface area contributed by atoms with Gasteiger partial charge in [0.25, 0.3) is 0 Å². The van der Waals surface area contributed by atoms with Crippen molar-refractivity contribution in [2.24, 2.45) is 0 Å². The van der Waals surface area contributed by atoms with E-state index in [4.69, 9.17) is 4.74 Å². The summed E-state index contributed by atoms with van der Waals surface area (Å²) in [6.07, 6.45) is 9.41. The molecule has 0 aliphatic rings. The minimum Gasteiger partial charge on any atom is -0.492 e. The van der Waals surface area contributed by atoms with E-state index >= 15 is 0 Å². The highest BCUT2D eigenvalue weighted by Gasteiger charge is 2.12. The normalized spacial score (nSPS) is 12.1. The summed E-state index contributed by atoms with van der Waals surface area (Å²) in [4.78, 5) is 8.45. The van der Waals surface area contributed by atoms with Crippen molar-refractivity contribution < 1.29 is 4.74 Å². The van der Waals surface area contributed by atoms with Gasteiger partial charge in [-0.05, 0) is 49.6 Å². The lowest BCUT2D eigenvalue weighted by Gasteiger charge is -2.18. The number of nitrogens with one attached hydrogen (secondary N) is 1. The summed E-state index contributed by atoms with van der Waals surface area (Å²) < 4.78 is 5.54. The molecule has 112 valence electrons. The Bertz CT molecular complexity index is 531. The second kappa shape index (κ2) is 8.37. The average molecular weight is 285 g/mol. The average Bonchev–Trinajstić information content (AvgIpc) is 2.53. The molecule has 21 heavy (non-hydrogen) atoms. The Balaban J connectivity index is 2.05. The molecule has 2 aromatic heterocycles. The van der Waals surface area contributed by atoms with Gasteiger partial charge in [0.05, 0.1) is 12.8 Å². The summed E-state index contributed by atoms with van der Waals surface area (Å²) in [5.41, 5.74) is 2.43. The van der Waals surface area contributed by atoms with Gasteiger partial charge in [0.15, 0.2) is 0 Å². The SMILES string of the molecule is CCNC(CCc1cccnc1)c1cncc(OCC)c1. The van der Waals surface area contributed by atoms with Crippen LogP contribution in [0, 0.1) is 0 Å². The summed E-state index contributed by atoms with van der Waals surface area (Å²) in [6, 6.07) is 6.45. The number of rotatable bonds is 8. The maximum absolute atomic E-state index is 5.54. The molecule has 1 atom stereocenters. The van der Waals surface area contributed by atoms with Gasteiger partial charge in [-0.25, -0.2) is 0 Å². The third-order valence-electron chi connectivity index (χ3n) is 3.34. The van der Waals surface area contributed by atoms with Crippen LogP contribution in [-0.4, -0.2) is 23.1 Å². The quantitative estimate of drug-likeness (QED) is 0.809. The van der Waals surface area contributed by atoms with Crippen LogP contribution in [0.5, 0.6) is 5.75 Å². The van der Waals surface area contributed by atoms with E-state index in [1.807, 2.05) is 25.4 Å². The van der Waals surface area contributed by atoms with Crippen molar-refractivity contribution in [1.82, 2.24) is 15.3 Å². The first-order valence-electron chi connectivity index (χ1n) is 7.53. The van der Waals surface area contributed by atoms with Crippen molar-refractivity contribution in [3.8, 4) is 5.75 Å². The number of ether oxygens (including phenoxy) is 1. The number of aryl methyl sites for hydroxylation is 1. The van der Waals surface area contributed by atoms with Crippen LogP contribution in [-0.2, 0) is 6.42 Å². The molecule has 0 aliphatic carbocycles. The molecule has 4 nitrogen and oxygen atoms in total. The molecule has 0 fully saturated rings. The Labute approximate surface area is 126 Å². The van der Waals surface area contributed by atoms with E-state index < -0.39 is 0 Å². The predicted molar refractivity (Wildman–Crippen MR) is 84.4 cm³/mol. The van der Waals surface area contributed by atoms with E-state index in [0.29, 0.717) is 6.61 Å². The number of hydrogen-bond acceptors (Lipinski definition) is 4. The Morgan fingerprint density at radius 1 is 1.19 bits per heavy atom. The van der Waals surface area contributed by atoms with Crippen LogP contribution in [0.1, 0.15) is 37.4 Å². The summed E-state index contributed by atoms with van der Waals surface area (Å²) in [6.45, 7) is 5.69. The van der Waals surface area contributed by atoms with E-state index in [9.17, 15) is 0 Å². The van der Waals surface area contributed by atoms with E-state index in [0.717, 1.165) is 25.1 Å². The van der Waals surface area contributed by atoms with Gasteiger partial charge in [0, 0.05) is 24.6 Å². The van der Waals surface area contributed by atoms with Crippen LogP contribution in [0.25, 0.3) is 0 Å². The van der Waals surface area contributed by atoms with Crippen molar-refractivity contribution >= 4 is 0 Å². The lowest BCUT2D eigenvalue weighted by molar-refractivity contribution is 0.337. The summed E-state index contributed by atoms with van der Waals surface area (Å²) in [7, 11) is 0. The topological polar surface area (TPSA) is 47.0 Å². The van der Waals surface area contributed by atoms with Crippen LogP contribution in [0.3, 0.4) is 0 Å². The predicted octanol–water partition coefficient (Wildman–Crippen LogP) is 3.16. The first-order valence-corrected chi connectivity index (χ1v) is 7.53. The first kappa shape index (κ1) is 15.4. The molecule has 0 saturated heterocycles. The Hall–Kier alpha value is -1.94. The number of aromatic nitrogens is 2. The van der Waals surface area contributed by atoms with Gasteiger partial charge < -0.3 is 10.1 Å². The second-order valence-electron chi connectivity index (χ2n) is 4.90. The van der Waals surface area contributed by atoms with Crippen molar-refractivity contribution in [2.45, 2.75) is 32.7 Å². The fourth-order valence-corrected chi connectivity index (χ4v) is 2.36. The van der Waals surface area contributed by atoms with Gasteiger partial charge >= 0.3 is 0 Å². The molecule has 2 rings (SSSR count). The molecular weight excluding hydrogens is 262 g/mol. The van der Waals surface area contributed by atoms with Gasteiger partial charge in [0.1, 0.15) is 5.75 Å². The van der Waals surface area contributed by atoms with Gasteiger partial charge in [-0.15, -0.1) is 0 Å². The summed E-state index contributed by atoms with van der Waals surface area (Å²) in [5, 5.41) is 3.52. The molecule has 1 N–H and O–H groups in total. The maximum atomic E-state index is 5.54. The monoisotopic (exact) mass is 285 g/mol. The maximum Gasteiger partial charge on any atom is 0.137 e. The molecule has 0 amide bonds. The Morgan fingerprint density at radius 2 is 2.10 bits per heavy atom. The summed E-state index contributed by atoms with van der Waals surface area (Å²) >= 11 is 0. The van der Waals surface area contributed by atoms with Crippen LogP contribution in [0.2, 0.25) is 0 Å². The van der Waals surface area contributed by atoms with Crippen molar-refractivity contribution in [3.05, 3.63) is 54.1 Å². The molecule has 2 aromatic rings. The van der Waals surface area contributed by atoms with Crippen LogP contribution in [0.4, 0.5) is 0 Å². The third-order valence-corrected chi connectivity index (χ3v) is 3.34. The van der Waals surface area contributed by atoms with Crippen LogP contribution < -0.4 is 10.1 Å². The highest BCUT2D eigenvalue weighted by atomic mass is 16.5. The zero-order valence-electron chi connectivity index (χ0n) is 12.7. The van der Waals surface area contributed by atoms with Crippen molar-refractivity contribution in [2.75, 3.05) is 13.2 Å². The molecular formula is C17H23N3O. The van der Waals surface area contributed by atoms with Crippen LogP contribution in [0.15, 0.2) is 43.0 Å². The molecule has 0 radical (unpaired) electrons. The highest BCUT2D eigenvalue weighted by molar-refractivity contribution is 5.26. The largest absolute Gasteiger partial charge is 0.492 e. The second-order valence-corrected chi connectivity index (χ2v) is 4.90. The van der Waals surface area contributed by atoms with E-state index in [1.54, 1.807) is 12.4 Å². The lowest BCUT2D eigenvalue weighted by atomic mass is 10.0. The zero-order chi connectivity index (χ0) is 14.9. The Morgan fingerprint density at radius 3 is 2.81 bits per heavy atom. The van der Waals surface area contributed by atoms with Crippen LogP contribution >= 0.6 is 0 Å². The molecule has 0 bridgehead atoms. The fraction of sp³-hybridized carbons (Fsp3) is 0.412. The third kappa shape index (κ3) is 4.83. The number of hydrogen-bond donors (Lipinski definition) is 1. The highest BCUT2D eigenvalue weighted by Crippen LogP contribution is 2.22. The minimum atomic E-state index is 0.281. The van der Waals surface area contributed by atoms with Gasteiger partial charge in [-0.3, -0.25) is 9.97 Å². The van der Waals surface area contributed by atoms with Gasteiger partial charge in [-0.2, -0.15) is 0 Å². The number of pyridine rings is 2. The van der Waals surface area contributed by atoms with E-state index in [2.05, 4.69) is 34.3 Å². The Kier molecular flexibility index (Phi) is 6.16. The minimum absolute atomic E-state index is 0.281. The molecule has 0 aliphatic heterocycles. The van der Waals surface area contributed by atoms with Crippen molar-refractivity contribution in [3.63, 3.8) is 0 Å². The molecule has 4 heteroatoms. The molecule has 0 aromatic carbocycles.